The fourth-order valence-electron chi connectivity index (χ4n) is 3.20. The van der Waals surface area contributed by atoms with Crippen molar-refractivity contribution >= 4 is 6.03 Å². The minimum Gasteiger partial charge on any atom is -0.492 e. The lowest BCUT2D eigenvalue weighted by atomic mass is 9.89. The molecule has 2 aromatic carbocycles. The molecule has 0 aliphatic heterocycles. The molecule has 0 heterocycles. The maximum atomic E-state index is 12.0. The Morgan fingerprint density at radius 3 is 2.64 bits per heavy atom. The summed E-state index contributed by atoms with van der Waals surface area (Å²) in [5, 5.41) is 5.84. The molecule has 1 aliphatic rings. The Balaban J connectivity index is 1.43. The van der Waals surface area contributed by atoms with Crippen LogP contribution < -0.4 is 15.4 Å². The number of fused-ring (bicyclic) bond motifs is 1. The van der Waals surface area contributed by atoms with Crippen LogP contribution in [0.3, 0.4) is 0 Å². The number of carbonyl (C=O) groups excluding carboxylic acids is 1. The molecule has 1 aliphatic carbocycles. The van der Waals surface area contributed by atoms with E-state index in [1.54, 1.807) is 0 Å². The zero-order valence-electron chi connectivity index (χ0n) is 14.8. The molecule has 0 radical (unpaired) electrons. The Labute approximate surface area is 149 Å². The fourth-order valence-corrected chi connectivity index (χ4v) is 3.20. The van der Waals surface area contributed by atoms with E-state index in [2.05, 4.69) is 28.8 Å². The maximum absolute atomic E-state index is 12.0. The van der Waals surface area contributed by atoms with Gasteiger partial charge in [0.25, 0.3) is 0 Å². The second-order valence-corrected chi connectivity index (χ2v) is 6.52. The lowest BCUT2D eigenvalue weighted by Crippen LogP contribution is -2.39. The smallest absolute Gasteiger partial charge is 0.315 e. The van der Waals surface area contributed by atoms with E-state index in [0.717, 1.165) is 17.7 Å². The molecular weight excluding hydrogens is 312 g/mol. The predicted molar refractivity (Wildman–Crippen MR) is 100.0 cm³/mol. The zero-order chi connectivity index (χ0) is 17.5. The van der Waals surface area contributed by atoms with Crippen LogP contribution in [0.4, 0.5) is 4.79 Å². The number of benzene rings is 2. The molecule has 25 heavy (non-hydrogen) atoms. The number of hydrogen-bond donors (Lipinski definition) is 2. The van der Waals surface area contributed by atoms with Gasteiger partial charge in [0.1, 0.15) is 12.4 Å². The van der Waals surface area contributed by atoms with Crippen molar-refractivity contribution in [1.82, 2.24) is 10.6 Å². The summed E-state index contributed by atoms with van der Waals surface area (Å²) in [5.74, 6) is 0.812. The Morgan fingerprint density at radius 2 is 1.84 bits per heavy atom. The Hall–Kier alpha value is -2.49. The summed E-state index contributed by atoms with van der Waals surface area (Å²) in [5.41, 5.74) is 4.06. The minimum absolute atomic E-state index is 0.0118. The van der Waals surface area contributed by atoms with Crippen molar-refractivity contribution in [2.75, 3.05) is 13.2 Å². The molecule has 3 rings (SSSR count). The Morgan fingerprint density at radius 1 is 1.08 bits per heavy atom. The molecule has 1 unspecified atom stereocenters. The quantitative estimate of drug-likeness (QED) is 0.782. The van der Waals surface area contributed by atoms with E-state index in [0.29, 0.717) is 13.2 Å². The van der Waals surface area contributed by atoms with Crippen molar-refractivity contribution in [3.05, 3.63) is 65.2 Å². The van der Waals surface area contributed by atoms with E-state index < -0.39 is 0 Å². The Kier molecular flexibility index (Phi) is 5.94. The SMILES string of the molecule is CC(NC(=O)NCCOc1ccccc1)c1ccc2c(c1)CCCC2. The number of amides is 2. The van der Waals surface area contributed by atoms with E-state index in [-0.39, 0.29) is 12.1 Å². The first-order chi connectivity index (χ1) is 12.2. The van der Waals surface area contributed by atoms with Gasteiger partial charge in [-0.15, -0.1) is 0 Å². The van der Waals surface area contributed by atoms with Crippen LogP contribution in [-0.4, -0.2) is 19.2 Å². The first-order valence-corrected chi connectivity index (χ1v) is 9.06. The normalized spacial score (nSPS) is 14.3. The van der Waals surface area contributed by atoms with Crippen molar-refractivity contribution in [2.45, 2.75) is 38.6 Å². The number of para-hydroxylation sites is 1. The van der Waals surface area contributed by atoms with Gasteiger partial charge in [-0.2, -0.15) is 0 Å². The van der Waals surface area contributed by atoms with Gasteiger partial charge >= 0.3 is 6.03 Å². The second-order valence-electron chi connectivity index (χ2n) is 6.52. The molecule has 0 saturated heterocycles. The number of carbonyl (C=O) groups is 1. The number of aryl methyl sites for hydroxylation is 2. The van der Waals surface area contributed by atoms with Crippen molar-refractivity contribution in [1.29, 1.82) is 0 Å². The van der Waals surface area contributed by atoms with Gasteiger partial charge in [0, 0.05) is 0 Å². The third-order valence-corrected chi connectivity index (χ3v) is 4.62. The van der Waals surface area contributed by atoms with Crippen LogP contribution in [0.25, 0.3) is 0 Å². The van der Waals surface area contributed by atoms with Crippen molar-refractivity contribution < 1.29 is 9.53 Å². The van der Waals surface area contributed by atoms with Crippen molar-refractivity contribution in [2.24, 2.45) is 0 Å². The molecule has 2 amide bonds. The third kappa shape index (κ3) is 4.99. The average molecular weight is 338 g/mol. The van der Waals surface area contributed by atoms with E-state index in [4.69, 9.17) is 4.74 Å². The van der Waals surface area contributed by atoms with Crippen LogP contribution in [0, 0.1) is 0 Å². The molecule has 0 aromatic heterocycles. The number of ether oxygens (including phenoxy) is 1. The van der Waals surface area contributed by atoms with E-state index in [9.17, 15) is 4.79 Å². The fraction of sp³-hybridized carbons (Fsp3) is 0.381. The van der Waals surface area contributed by atoms with Crippen LogP contribution >= 0.6 is 0 Å². The summed E-state index contributed by atoms with van der Waals surface area (Å²) < 4.78 is 5.57. The molecule has 0 fully saturated rings. The zero-order valence-corrected chi connectivity index (χ0v) is 14.8. The molecule has 0 spiro atoms. The first kappa shape index (κ1) is 17.3. The van der Waals surface area contributed by atoms with Gasteiger partial charge in [-0.05, 0) is 61.4 Å². The summed E-state index contributed by atoms with van der Waals surface area (Å²) in [7, 11) is 0. The molecule has 0 saturated carbocycles. The van der Waals surface area contributed by atoms with Gasteiger partial charge in [-0.1, -0.05) is 36.4 Å². The monoisotopic (exact) mass is 338 g/mol. The number of hydrogen-bond acceptors (Lipinski definition) is 2. The molecule has 0 bridgehead atoms. The minimum atomic E-state index is -0.165. The van der Waals surface area contributed by atoms with Gasteiger partial charge in [0.15, 0.2) is 0 Å². The Bertz CT molecular complexity index is 700. The number of rotatable bonds is 6. The van der Waals surface area contributed by atoms with Crippen molar-refractivity contribution in [3.63, 3.8) is 0 Å². The maximum Gasteiger partial charge on any atom is 0.315 e. The van der Waals surface area contributed by atoms with E-state index >= 15 is 0 Å². The summed E-state index contributed by atoms with van der Waals surface area (Å²) in [6.07, 6.45) is 4.88. The van der Waals surface area contributed by atoms with Crippen LogP contribution in [0.5, 0.6) is 5.75 Å². The van der Waals surface area contributed by atoms with Crippen LogP contribution in [0.2, 0.25) is 0 Å². The lowest BCUT2D eigenvalue weighted by Gasteiger charge is -2.20. The number of nitrogens with one attached hydrogen (secondary N) is 2. The summed E-state index contributed by atoms with van der Waals surface area (Å²) in [4.78, 5) is 12.0. The number of urea groups is 1. The van der Waals surface area contributed by atoms with Crippen LogP contribution in [0.1, 0.15) is 42.5 Å². The highest BCUT2D eigenvalue weighted by Gasteiger charge is 2.13. The highest BCUT2D eigenvalue weighted by molar-refractivity contribution is 5.74. The molecule has 4 nitrogen and oxygen atoms in total. The molecule has 1 atom stereocenters. The van der Waals surface area contributed by atoms with E-state index in [1.165, 1.54) is 30.4 Å². The van der Waals surface area contributed by atoms with Gasteiger partial charge in [-0.3, -0.25) is 0 Å². The summed E-state index contributed by atoms with van der Waals surface area (Å²) in [6, 6.07) is 16.0. The third-order valence-electron chi connectivity index (χ3n) is 4.62. The molecule has 4 heteroatoms. The largest absolute Gasteiger partial charge is 0.492 e. The molecule has 132 valence electrons. The summed E-state index contributed by atoms with van der Waals surface area (Å²) >= 11 is 0. The standard InChI is InChI=1S/C21H26N2O2/c1-16(18-12-11-17-7-5-6-8-19(17)15-18)23-21(24)22-13-14-25-20-9-3-2-4-10-20/h2-4,9-12,15-16H,5-8,13-14H2,1H3,(H2,22,23,24). The van der Waals surface area contributed by atoms with Crippen molar-refractivity contribution in [3.8, 4) is 5.75 Å². The first-order valence-electron chi connectivity index (χ1n) is 9.06. The topological polar surface area (TPSA) is 50.4 Å². The van der Waals surface area contributed by atoms with Gasteiger partial charge in [0.2, 0.25) is 0 Å². The molecule has 2 aromatic rings. The highest BCUT2D eigenvalue weighted by Crippen LogP contribution is 2.24. The van der Waals surface area contributed by atoms with Gasteiger partial charge in [0.05, 0.1) is 12.6 Å². The van der Waals surface area contributed by atoms with Gasteiger partial charge in [-0.25, -0.2) is 4.79 Å². The highest BCUT2D eigenvalue weighted by atomic mass is 16.5. The lowest BCUT2D eigenvalue weighted by molar-refractivity contribution is 0.233. The van der Waals surface area contributed by atoms with Gasteiger partial charge < -0.3 is 15.4 Å². The van der Waals surface area contributed by atoms with E-state index in [1.807, 2.05) is 37.3 Å². The predicted octanol–water partition coefficient (Wildman–Crippen LogP) is 4.00. The molecule has 2 N–H and O–H groups in total. The average Bonchev–Trinajstić information content (AvgIpc) is 2.65. The second kappa shape index (κ2) is 8.56. The summed E-state index contributed by atoms with van der Waals surface area (Å²) in [6.45, 7) is 2.94. The van der Waals surface area contributed by atoms with Crippen LogP contribution in [0.15, 0.2) is 48.5 Å². The molecular formula is C21H26N2O2. The van der Waals surface area contributed by atoms with Crippen LogP contribution in [-0.2, 0) is 12.8 Å².